The number of fused-ring (bicyclic) bond motifs is 1. The number of nitrogens with one attached hydrogen (secondary N) is 1. The van der Waals surface area contributed by atoms with Gasteiger partial charge in [0, 0.05) is 16.5 Å². The molecule has 1 atom stereocenters. The van der Waals surface area contributed by atoms with E-state index in [1.165, 1.54) is 31.2 Å². The third-order valence-corrected chi connectivity index (χ3v) is 7.08. The summed E-state index contributed by atoms with van der Waals surface area (Å²) in [6, 6.07) is 6.42. The number of aryl methyl sites for hydroxylation is 2. The van der Waals surface area contributed by atoms with Crippen molar-refractivity contribution in [3.63, 3.8) is 0 Å². The van der Waals surface area contributed by atoms with Gasteiger partial charge in [0.2, 0.25) is 0 Å². The lowest BCUT2D eigenvalue weighted by molar-refractivity contribution is 0.171. The van der Waals surface area contributed by atoms with Crippen LogP contribution in [0.5, 0.6) is 0 Å². The fourth-order valence-electron chi connectivity index (χ4n) is 5.53. The molecule has 2 aliphatic rings. The molecule has 7 heteroatoms. The van der Waals surface area contributed by atoms with Crippen molar-refractivity contribution in [2.45, 2.75) is 77.3 Å². The zero-order valence-electron chi connectivity index (χ0n) is 18.6. The molecule has 0 spiro atoms. The summed E-state index contributed by atoms with van der Waals surface area (Å²) in [6.07, 6.45) is 9.46. The second-order valence-electron chi connectivity index (χ2n) is 9.37. The van der Waals surface area contributed by atoms with Gasteiger partial charge < -0.3 is 4.98 Å². The molecule has 0 amide bonds. The highest BCUT2D eigenvalue weighted by molar-refractivity contribution is 5.83. The highest BCUT2D eigenvalue weighted by Gasteiger charge is 2.33. The maximum atomic E-state index is 13.4. The number of rotatable bonds is 4. The maximum absolute atomic E-state index is 13.4. The number of hydrogen-bond acceptors (Lipinski definition) is 5. The van der Waals surface area contributed by atoms with E-state index in [0.29, 0.717) is 6.04 Å². The number of benzene rings is 1. The van der Waals surface area contributed by atoms with Crippen LogP contribution in [0.4, 0.5) is 0 Å². The number of nitrogens with zero attached hydrogens (tertiary/aromatic N) is 5. The van der Waals surface area contributed by atoms with Gasteiger partial charge in [-0.3, -0.25) is 9.69 Å². The quantitative estimate of drug-likeness (QED) is 0.684. The Kier molecular flexibility index (Phi) is 5.61. The summed E-state index contributed by atoms with van der Waals surface area (Å²) in [6.45, 7) is 6.10. The summed E-state index contributed by atoms with van der Waals surface area (Å²) in [7, 11) is 0. The smallest absolute Gasteiger partial charge is 0.253 e. The van der Waals surface area contributed by atoms with Crippen LogP contribution in [0.3, 0.4) is 0 Å². The lowest BCUT2D eigenvalue weighted by atomic mass is 9.94. The van der Waals surface area contributed by atoms with Crippen LogP contribution in [-0.4, -0.2) is 43.2 Å². The standard InChI is InChI=1S/C24H32N6O/c1-16-13-17(2)19-15-20(24(31)25-21(19)14-16)22(29-11-7-4-8-12-29)23-26-27-28-30(23)18-9-5-3-6-10-18/h13-15,18,22H,3-12H2,1-2H3,(H,25,31)/t22-/m1/s1. The minimum Gasteiger partial charge on any atom is -0.322 e. The first kappa shape index (κ1) is 20.4. The Labute approximate surface area is 182 Å². The van der Waals surface area contributed by atoms with Crippen LogP contribution in [0.2, 0.25) is 0 Å². The first-order valence-electron chi connectivity index (χ1n) is 11.8. The predicted molar refractivity (Wildman–Crippen MR) is 121 cm³/mol. The monoisotopic (exact) mass is 420 g/mol. The molecule has 2 fully saturated rings. The van der Waals surface area contributed by atoms with E-state index >= 15 is 0 Å². The predicted octanol–water partition coefficient (Wildman–Crippen LogP) is 4.21. The summed E-state index contributed by atoms with van der Waals surface area (Å²) in [5, 5.41) is 14.1. The van der Waals surface area contributed by atoms with E-state index < -0.39 is 0 Å². The average Bonchev–Trinajstić information content (AvgIpc) is 3.25. The largest absolute Gasteiger partial charge is 0.322 e. The Morgan fingerprint density at radius 2 is 1.74 bits per heavy atom. The number of H-pyrrole nitrogens is 1. The fraction of sp³-hybridized carbons (Fsp3) is 0.583. The number of likely N-dealkylation sites (tertiary alicyclic amines) is 1. The zero-order valence-corrected chi connectivity index (χ0v) is 18.6. The van der Waals surface area contributed by atoms with Crippen LogP contribution in [-0.2, 0) is 0 Å². The molecule has 3 aromatic rings. The Balaban J connectivity index is 1.65. The van der Waals surface area contributed by atoms with E-state index in [9.17, 15) is 4.79 Å². The van der Waals surface area contributed by atoms with Crippen molar-refractivity contribution < 1.29 is 0 Å². The summed E-state index contributed by atoms with van der Waals surface area (Å²) in [4.78, 5) is 18.9. The van der Waals surface area contributed by atoms with E-state index in [0.717, 1.165) is 66.6 Å². The molecular weight excluding hydrogens is 388 g/mol. The van der Waals surface area contributed by atoms with Crippen molar-refractivity contribution in [2.24, 2.45) is 0 Å². The van der Waals surface area contributed by atoms with Gasteiger partial charge in [-0.2, -0.15) is 0 Å². The number of aromatic amines is 1. The fourth-order valence-corrected chi connectivity index (χ4v) is 5.53. The van der Waals surface area contributed by atoms with E-state index in [1.54, 1.807) is 0 Å². The average molecular weight is 421 g/mol. The molecule has 0 unspecified atom stereocenters. The number of tetrazole rings is 1. The van der Waals surface area contributed by atoms with Gasteiger partial charge in [-0.15, -0.1) is 5.10 Å². The molecule has 1 saturated heterocycles. The lowest BCUT2D eigenvalue weighted by Crippen LogP contribution is -2.39. The molecule has 1 aromatic carbocycles. The van der Waals surface area contributed by atoms with Crippen LogP contribution in [0.1, 0.15) is 86.0 Å². The minimum absolute atomic E-state index is 0.0359. The first-order valence-corrected chi connectivity index (χ1v) is 11.8. The number of piperidine rings is 1. The van der Waals surface area contributed by atoms with Gasteiger partial charge in [-0.25, -0.2) is 4.68 Å². The van der Waals surface area contributed by atoms with E-state index in [2.05, 4.69) is 57.5 Å². The van der Waals surface area contributed by atoms with Crippen LogP contribution in [0.15, 0.2) is 23.0 Å². The Morgan fingerprint density at radius 1 is 1.00 bits per heavy atom. The molecule has 31 heavy (non-hydrogen) atoms. The normalized spacial score (nSPS) is 19.7. The molecule has 5 rings (SSSR count). The molecular formula is C24H32N6O. The Hall–Kier alpha value is -2.54. The summed E-state index contributed by atoms with van der Waals surface area (Å²) in [5.41, 5.74) is 3.95. The number of hydrogen-bond donors (Lipinski definition) is 1. The molecule has 0 radical (unpaired) electrons. The molecule has 1 aliphatic heterocycles. The third-order valence-electron chi connectivity index (χ3n) is 7.08. The topological polar surface area (TPSA) is 79.7 Å². The summed E-state index contributed by atoms with van der Waals surface area (Å²) in [5.74, 6) is 0.823. The van der Waals surface area contributed by atoms with Crippen molar-refractivity contribution >= 4 is 10.9 Å². The maximum Gasteiger partial charge on any atom is 0.253 e. The second-order valence-corrected chi connectivity index (χ2v) is 9.37. The van der Waals surface area contributed by atoms with Crippen LogP contribution in [0.25, 0.3) is 10.9 Å². The van der Waals surface area contributed by atoms with Crippen molar-refractivity contribution in [3.05, 3.63) is 51.1 Å². The third kappa shape index (κ3) is 3.91. The zero-order chi connectivity index (χ0) is 21.4. The number of aromatic nitrogens is 5. The molecule has 3 heterocycles. The second kappa shape index (κ2) is 8.54. The van der Waals surface area contributed by atoms with Crippen molar-refractivity contribution in [2.75, 3.05) is 13.1 Å². The van der Waals surface area contributed by atoms with Crippen LogP contribution < -0.4 is 5.56 Å². The minimum atomic E-state index is -0.217. The van der Waals surface area contributed by atoms with E-state index in [-0.39, 0.29) is 11.6 Å². The molecule has 0 bridgehead atoms. The SMILES string of the molecule is Cc1cc(C)c2cc([C@H](c3nnnn3C3CCCCC3)N3CCCCC3)c(=O)[nH]c2c1. The number of pyridine rings is 1. The van der Waals surface area contributed by atoms with Crippen molar-refractivity contribution in [1.82, 2.24) is 30.1 Å². The summed E-state index contributed by atoms with van der Waals surface area (Å²) < 4.78 is 2.03. The van der Waals surface area contributed by atoms with E-state index in [4.69, 9.17) is 0 Å². The lowest BCUT2D eigenvalue weighted by Gasteiger charge is -2.34. The van der Waals surface area contributed by atoms with Crippen LogP contribution >= 0.6 is 0 Å². The van der Waals surface area contributed by atoms with Gasteiger partial charge in [-0.1, -0.05) is 31.7 Å². The molecule has 2 aromatic heterocycles. The van der Waals surface area contributed by atoms with Gasteiger partial charge in [0.1, 0.15) is 6.04 Å². The van der Waals surface area contributed by atoms with Gasteiger partial charge in [0.15, 0.2) is 5.82 Å². The first-order chi connectivity index (χ1) is 15.1. The van der Waals surface area contributed by atoms with Gasteiger partial charge in [-0.05, 0) is 86.3 Å². The van der Waals surface area contributed by atoms with Crippen LogP contribution in [0, 0.1) is 13.8 Å². The highest BCUT2D eigenvalue weighted by atomic mass is 16.1. The van der Waals surface area contributed by atoms with Gasteiger partial charge >= 0.3 is 0 Å². The van der Waals surface area contributed by atoms with E-state index in [1.807, 2.05) is 4.68 Å². The van der Waals surface area contributed by atoms with Crippen molar-refractivity contribution in [1.29, 1.82) is 0 Å². The van der Waals surface area contributed by atoms with Crippen molar-refractivity contribution in [3.8, 4) is 0 Å². The molecule has 7 nitrogen and oxygen atoms in total. The Morgan fingerprint density at radius 3 is 2.52 bits per heavy atom. The Bertz CT molecular complexity index is 1120. The van der Waals surface area contributed by atoms with Gasteiger partial charge in [0.05, 0.1) is 6.04 Å². The molecule has 164 valence electrons. The summed E-state index contributed by atoms with van der Waals surface area (Å²) >= 11 is 0. The molecule has 1 aliphatic carbocycles. The molecule has 1 N–H and O–H groups in total. The van der Waals surface area contributed by atoms with Gasteiger partial charge in [0.25, 0.3) is 5.56 Å². The molecule has 1 saturated carbocycles. The highest BCUT2D eigenvalue weighted by Crippen LogP contribution is 2.34.